The standard InChI is InChI=1S/C14H17N3O3S/c1-7(14(19)20)9-5-17(6-9)12(18)11-4-10-8(2)15-16(3)13(10)21-11/h4,7,9H,5-6H2,1-3H3,(H,19,20). The van der Waals surface area contributed by atoms with E-state index in [9.17, 15) is 9.59 Å². The van der Waals surface area contributed by atoms with Crippen molar-refractivity contribution in [2.24, 2.45) is 18.9 Å². The van der Waals surface area contributed by atoms with E-state index in [4.69, 9.17) is 5.11 Å². The Labute approximate surface area is 126 Å². The molecule has 3 heterocycles. The maximum absolute atomic E-state index is 12.4. The zero-order chi connectivity index (χ0) is 15.3. The molecule has 0 saturated carbocycles. The molecule has 0 aliphatic carbocycles. The molecule has 1 unspecified atom stereocenters. The number of fused-ring (bicyclic) bond motifs is 1. The minimum Gasteiger partial charge on any atom is -0.481 e. The van der Waals surface area contributed by atoms with E-state index < -0.39 is 11.9 Å². The van der Waals surface area contributed by atoms with Gasteiger partial charge >= 0.3 is 5.97 Å². The second-order valence-corrected chi connectivity index (χ2v) is 6.67. The van der Waals surface area contributed by atoms with Crippen LogP contribution in [-0.2, 0) is 11.8 Å². The first kappa shape index (κ1) is 14.1. The van der Waals surface area contributed by atoms with Gasteiger partial charge in [0.25, 0.3) is 5.91 Å². The van der Waals surface area contributed by atoms with Crippen LogP contribution >= 0.6 is 11.3 Å². The van der Waals surface area contributed by atoms with E-state index in [2.05, 4.69) is 5.10 Å². The van der Waals surface area contributed by atoms with E-state index in [1.54, 1.807) is 16.5 Å². The van der Waals surface area contributed by atoms with Crippen LogP contribution in [0.4, 0.5) is 0 Å². The molecule has 1 N–H and O–H groups in total. The lowest BCUT2D eigenvalue weighted by atomic mass is 9.87. The molecule has 1 aliphatic rings. The molecule has 6 nitrogen and oxygen atoms in total. The van der Waals surface area contributed by atoms with Crippen molar-refractivity contribution < 1.29 is 14.7 Å². The van der Waals surface area contributed by atoms with Gasteiger partial charge in [-0.25, -0.2) is 0 Å². The average Bonchev–Trinajstić information content (AvgIpc) is 2.90. The summed E-state index contributed by atoms with van der Waals surface area (Å²) < 4.78 is 1.79. The Morgan fingerprint density at radius 2 is 2.14 bits per heavy atom. The molecule has 112 valence electrons. The summed E-state index contributed by atoms with van der Waals surface area (Å²) in [5.41, 5.74) is 0.920. The van der Waals surface area contributed by atoms with Crippen LogP contribution in [0.15, 0.2) is 6.07 Å². The van der Waals surface area contributed by atoms with Crippen LogP contribution in [0, 0.1) is 18.8 Å². The predicted octanol–water partition coefficient (Wildman–Crippen LogP) is 1.74. The SMILES string of the molecule is Cc1nn(C)c2sc(C(=O)N3CC(C(C)C(=O)O)C3)cc12. The summed E-state index contributed by atoms with van der Waals surface area (Å²) in [5, 5.41) is 14.3. The van der Waals surface area contributed by atoms with E-state index >= 15 is 0 Å². The summed E-state index contributed by atoms with van der Waals surface area (Å²) in [6.45, 7) is 4.68. The molecule has 2 aromatic rings. The number of rotatable bonds is 3. The number of carbonyl (C=O) groups is 2. The minimum atomic E-state index is -0.796. The van der Waals surface area contributed by atoms with Crippen LogP contribution in [0.25, 0.3) is 10.2 Å². The van der Waals surface area contributed by atoms with Gasteiger partial charge in [0.05, 0.1) is 16.5 Å². The number of hydrogen-bond donors (Lipinski definition) is 1. The van der Waals surface area contributed by atoms with Gasteiger partial charge in [0, 0.05) is 31.4 Å². The molecule has 2 aromatic heterocycles. The number of nitrogens with zero attached hydrogens (tertiary/aromatic N) is 3. The lowest BCUT2D eigenvalue weighted by Gasteiger charge is -2.40. The summed E-state index contributed by atoms with van der Waals surface area (Å²) in [6, 6.07) is 1.89. The van der Waals surface area contributed by atoms with Crippen molar-refractivity contribution >= 4 is 33.4 Å². The third-order valence-electron chi connectivity index (χ3n) is 4.20. The second kappa shape index (κ2) is 4.84. The van der Waals surface area contributed by atoms with Gasteiger partial charge in [-0.3, -0.25) is 14.3 Å². The first-order valence-corrected chi connectivity index (χ1v) is 7.65. The second-order valence-electron chi connectivity index (χ2n) is 5.64. The molecule has 1 saturated heterocycles. The summed E-state index contributed by atoms with van der Waals surface area (Å²) in [5.74, 6) is -1.15. The normalized spacial score (nSPS) is 17.0. The number of hydrogen-bond acceptors (Lipinski definition) is 4. The van der Waals surface area contributed by atoms with Gasteiger partial charge in [0.2, 0.25) is 0 Å². The number of amides is 1. The monoisotopic (exact) mass is 307 g/mol. The van der Waals surface area contributed by atoms with Crippen LogP contribution in [0.5, 0.6) is 0 Å². The number of carboxylic acid groups (broad SMARTS) is 1. The molecule has 1 atom stereocenters. The smallest absolute Gasteiger partial charge is 0.306 e. The van der Waals surface area contributed by atoms with Crippen LogP contribution in [0.2, 0.25) is 0 Å². The Hall–Kier alpha value is -1.89. The summed E-state index contributed by atoms with van der Waals surface area (Å²) in [7, 11) is 1.87. The molecule has 1 fully saturated rings. The zero-order valence-corrected chi connectivity index (χ0v) is 13.0. The van der Waals surface area contributed by atoms with Gasteiger partial charge < -0.3 is 10.0 Å². The Morgan fingerprint density at radius 3 is 2.71 bits per heavy atom. The lowest BCUT2D eigenvalue weighted by Crippen LogP contribution is -2.53. The molecule has 0 radical (unpaired) electrons. The van der Waals surface area contributed by atoms with Crippen molar-refractivity contribution in [3.63, 3.8) is 0 Å². The Bertz CT molecular complexity index is 693. The highest BCUT2D eigenvalue weighted by atomic mass is 32.1. The maximum atomic E-state index is 12.4. The fourth-order valence-electron chi connectivity index (χ4n) is 2.66. The third-order valence-corrected chi connectivity index (χ3v) is 5.39. The Morgan fingerprint density at radius 1 is 1.48 bits per heavy atom. The van der Waals surface area contributed by atoms with Crippen molar-refractivity contribution in [1.29, 1.82) is 0 Å². The van der Waals surface area contributed by atoms with Gasteiger partial charge in [-0.15, -0.1) is 11.3 Å². The van der Waals surface area contributed by atoms with E-state index in [0.717, 1.165) is 15.9 Å². The molecule has 0 aromatic carbocycles. The van der Waals surface area contributed by atoms with Crippen molar-refractivity contribution in [1.82, 2.24) is 14.7 Å². The van der Waals surface area contributed by atoms with Crippen molar-refractivity contribution in [2.45, 2.75) is 13.8 Å². The summed E-state index contributed by atoms with van der Waals surface area (Å²) in [6.07, 6.45) is 0. The van der Waals surface area contributed by atoms with Crippen molar-refractivity contribution in [3.8, 4) is 0 Å². The average molecular weight is 307 g/mol. The molecular weight excluding hydrogens is 290 g/mol. The third kappa shape index (κ3) is 2.21. The van der Waals surface area contributed by atoms with E-state index in [1.807, 2.05) is 20.0 Å². The fourth-order valence-corrected chi connectivity index (χ4v) is 3.75. The number of aromatic nitrogens is 2. The quantitative estimate of drug-likeness (QED) is 0.937. The van der Waals surface area contributed by atoms with E-state index in [1.165, 1.54) is 11.3 Å². The molecule has 7 heteroatoms. The molecule has 3 rings (SSSR count). The summed E-state index contributed by atoms with van der Waals surface area (Å²) >= 11 is 1.44. The summed E-state index contributed by atoms with van der Waals surface area (Å²) in [4.78, 5) is 26.8. The first-order valence-electron chi connectivity index (χ1n) is 6.83. The molecular formula is C14H17N3O3S. The van der Waals surface area contributed by atoms with Gasteiger partial charge in [0.15, 0.2) is 0 Å². The topological polar surface area (TPSA) is 75.4 Å². The zero-order valence-electron chi connectivity index (χ0n) is 12.2. The number of thiophene rings is 1. The fraction of sp³-hybridized carbons (Fsp3) is 0.500. The number of aryl methyl sites for hydroxylation is 2. The highest BCUT2D eigenvalue weighted by molar-refractivity contribution is 7.20. The maximum Gasteiger partial charge on any atom is 0.306 e. The highest BCUT2D eigenvalue weighted by Crippen LogP contribution is 2.31. The van der Waals surface area contributed by atoms with Crippen LogP contribution in [0.1, 0.15) is 22.3 Å². The highest BCUT2D eigenvalue weighted by Gasteiger charge is 2.38. The molecule has 0 spiro atoms. The van der Waals surface area contributed by atoms with Crippen molar-refractivity contribution in [2.75, 3.05) is 13.1 Å². The molecule has 0 bridgehead atoms. The minimum absolute atomic E-state index is 0.00978. The van der Waals surface area contributed by atoms with Gasteiger partial charge in [-0.05, 0) is 13.0 Å². The van der Waals surface area contributed by atoms with E-state index in [-0.39, 0.29) is 11.8 Å². The number of carbonyl (C=O) groups excluding carboxylic acids is 1. The van der Waals surface area contributed by atoms with Gasteiger partial charge in [-0.2, -0.15) is 5.10 Å². The van der Waals surface area contributed by atoms with Gasteiger partial charge in [-0.1, -0.05) is 6.92 Å². The molecule has 1 aliphatic heterocycles. The molecule has 1 amide bonds. The van der Waals surface area contributed by atoms with Crippen LogP contribution in [0.3, 0.4) is 0 Å². The van der Waals surface area contributed by atoms with Crippen LogP contribution in [-0.4, -0.2) is 44.8 Å². The predicted molar refractivity (Wildman–Crippen MR) is 79.5 cm³/mol. The largest absolute Gasteiger partial charge is 0.481 e. The lowest BCUT2D eigenvalue weighted by molar-refractivity contribution is -0.144. The van der Waals surface area contributed by atoms with E-state index in [0.29, 0.717) is 18.0 Å². The number of likely N-dealkylation sites (tertiary alicyclic amines) is 1. The first-order chi connectivity index (χ1) is 9.88. The van der Waals surface area contributed by atoms with Gasteiger partial charge in [0.1, 0.15) is 4.83 Å². The van der Waals surface area contributed by atoms with Crippen molar-refractivity contribution in [3.05, 3.63) is 16.6 Å². The number of aliphatic carboxylic acids is 1. The van der Waals surface area contributed by atoms with Crippen LogP contribution < -0.4 is 0 Å². The number of carboxylic acids is 1. The Kier molecular flexibility index (Phi) is 3.24. The molecule has 21 heavy (non-hydrogen) atoms. The Balaban J connectivity index is 1.74.